The first-order valence-corrected chi connectivity index (χ1v) is 12.8. The molecule has 2 amide bonds. The second-order valence-electron chi connectivity index (χ2n) is 9.22. The summed E-state index contributed by atoms with van der Waals surface area (Å²) in [7, 11) is 0. The molecular formula is C28H28N2O5S. The lowest BCUT2D eigenvalue weighted by Crippen LogP contribution is -2.38. The lowest BCUT2D eigenvalue weighted by molar-refractivity contribution is -0.126. The minimum absolute atomic E-state index is 0.198. The Morgan fingerprint density at radius 3 is 2.36 bits per heavy atom. The van der Waals surface area contributed by atoms with Gasteiger partial charge in [0, 0.05) is 4.88 Å². The van der Waals surface area contributed by atoms with Crippen molar-refractivity contribution in [3.05, 3.63) is 81.2 Å². The predicted molar refractivity (Wildman–Crippen MR) is 138 cm³/mol. The second kappa shape index (κ2) is 9.19. The Kier molecular flexibility index (Phi) is 6.18. The first-order chi connectivity index (χ1) is 17.2. The highest BCUT2D eigenvalue weighted by atomic mass is 32.1. The summed E-state index contributed by atoms with van der Waals surface area (Å²) in [6, 6.07) is 15.2. The van der Waals surface area contributed by atoms with E-state index in [-0.39, 0.29) is 18.1 Å². The molecule has 8 heteroatoms. The number of thiophene rings is 1. The Morgan fingerprint density at radius 2 is 1.69 bits per heavy atom. The molecule has 5 rings (SSSR count). The fraction of sp³-hybridized carbons (Fsp3) is 0.321. The van der Waals surface area contributed by atoms with Crippen LogP contribution in [0.5, 0.6) is 0 Å². The van der Waals surface area contributed by atoms with Crippen molar-refractivity contribution in [3.8, 4) is 0 Å². The molecule has 0 radical (unpaired) electrons. The highest BCUT2D eigenvalue weighted by molar-refractivity contribution is 7.17. The lowest BCUT2D eigenvalue weighted by atomic mass is 9.90. The summed E-state index contributed by atoms with van der Waals surface area (Å²) in [5.41, 5.74) is 4.73. The van der Waals surface area contributed by atoms with E-state index in [2.05, 4.69) is 0 Å². The molecule has 3 atom stereocenters. The third-order valence-electron chi connectivity index (χ3n) is 6.94. The SMILES string of the molecule is CCOC(=O)c1c(N2C(=O)[C@H]3[C@H](ON(c4ccccc4C)[C@H]3c3ccc(C)cc3)C2=O)sc(C)c1C. The van der Waals surface area contributed by atoms with Crippen molar-refractivity contribution >= 4 is 39.8 Å². The Labute approximate surface area is 214 Å². The van der Waals surface area contributed by atoms with E-state index in [1.807, 2.05) is 69.3 Å². The molecule has 0 unspecified atom stereocenters. The molecule has 1 aromatic heterocycles. The average molecular weight is 505 g/mol. The number of hydrogen-bond donors (Lipinski definition) is 0. The van der Waals surface area contributed by atoms with Crippen LogP contribution in [0.4, 0.5) is 10.7 Å². The highest BCUT2D eigenvalue weighted by Crippen LogP contribution is 2.50. The van der Waals surface area contributed by atoms with Crippen LogP contribution in [0.3, 0.4) is 0 Å². The normalized spacial score (nSPS) is 21.3. The van der Waals surface area contributed by atoms with Gasteiger partial charge in [-0.15, -0.1) is 11.3 Å². The number of fused-ring (bicyclic) bond motifs is 1. The van der Waals surface area contributed by atoms with Crippen LogP contribution in [0.15, 0.2) is 48.5 Å². The molecule has 186 valence electrons. The van der Waals surface area contributed by atoms with Gasteiger partial charge in [-0.2, -0.15) is 0 Å². The van der Waals surface area contributed by atoms with Crippen LogP contribution in [0.25, 0.3) is 0 Å². The first-order valence-electron chi connectivity index (χ1n) is 12.0. The molecule has 7 nitrogen and oxygen atoms in total. The highest BCUT2D eigenvalue weighted by Gasteiger charge is 2.61. The number of esters is 1. The number of hydrogen-bond acceptors (Lipinski definition) is 7. The third kappa shape index (κ3) is 3.72. The van der Waals surface area contributed by atoms with Gasteiger partial charge >= 0.3 is 5.97 Å². The summed E-state index contributed by atoms with van der Waals surface area (Å²) >= 11 is 1.25. The van der Waals surface area contributed by atoms with Crippen molar-refractivity contribution in [2.45, 2.75) is 46.8 Å². The van der Waals surface area contributed by atoms with Gasteiger partial charge in [0.05, 0.1) is 23.9 Å². The van der Waals surface area contributed by atoms with E-state index in [1.165, 1.54) is 11.3 Å². The number of rotatable bonds is 5. The van der Waals surface area contributed by atoms with Crippen LogP contribution in [0.1, 0.15) is 50.5 Å². The number of anilines is 2. The molecule has 3 heterocycles. The molecule has 2 saturated heterocycles. The number of ether oxygens (including phenoxy) is 1. The molecule has 2 aromatic carbocycles. The molecule has 36 heavy (non-hydrogen) atoms. The van der Waals surface area contributed by atoms with Gasteiger partial charge in [-0.25, -0.2) is 14.8 Å². The van der Waals surface area contributed by atoms with E-state index in [4.69, 9.17) is 9.57 Å². The number of imide groups is 1. The molecule has 0 aliphatic carbocycles. The van der Waals surface area contributed by atoms with Gasteiger partial charge in [-0.05, 0) is 57.4 Å². The summed E-state index contributed by atoms with van der Waals surface area (Å²) in [5.74, 6) is -2.15. The summed E-state index contributed by atoms with van der Waals surface area (Å²) < 4.78 is 5.26. The maximum atomic E-state index is 14.0. The maximum absolute atomic E-state index is 14.0. The van der Waals surface area contributed by atoms with Gasteiger partial charge < -0.3 is 4.74 Å². The number of benzene rings is 2. The zero-order chi connectivity index (χ0) is 25.7. The molecule has 0 spiro atoms. The quantitative estimate of drug-likeness (QED) is 0.351. The van der Waals surface area contributed by atoms with Crippen molar-refractivity contribution in [1.29, 1.82) is 0 Å². The van der Waals surface area contributed by atoms with Gasteiger partial charge in [-0.1, -0.05) is 48.0 Å². The van der Waals surface area contributed by atoms with Crippen LogP contribution in [0.2, 0.25) is 0 Å². The van der Waals surface area contributed by atoms with Crippen molar-refractivity contribution in [2.75, 3.05) is 16.6 Å². The molecule has 3 aromatic rings. The Bertz CT molecular complexity index is 1360. The van der Waals surface area contributed by atoms with Gasteiger partial charge in [0.25, 0.3) is 5.91 Å². The summed E-state index contributed by atoms with van der Waals surface area (Å²) in [4.78, 5) is 48.8. The lowest BCUT2D eigenvalue weighted by Gasteiger charge is -2.29. The zero-order valence-electron chi connectivity index (χ0n) is 20.9. The van der Waals surface area contributed by atoms with E-state index < -0.39 is 29.9 Å². The van der Waals surface area contributed by atoms with Crippen LogP contribution >= 0.6 is 11.3 Å². The van der Waals surface area contributed by atoms with E-state index in [1.54, 1.807) is 18.9 Å². The largest absolute Gasteiger partial charge is 0.462 e. The van der Waals surface area contributed by atoms with Gasteiger partial charge in [0.15, 0.2) is 6.10 Å². The number of para-hydroxylation sites is 1. The number of nitrogens with zero attached hydrogens (tertiary/aromatic N) is 2. The molecule has 0 bridgehead atoms. The molecular weight excluding hydrogens is 476 g/mol. The van der Waals surface area contributed by atoms with Crippen molar-refractivity contribution < 1.29 is 24.0 Å². The Morgan fingerprint density at radius 1 is 1.00 bits per heavy atom. The Hall–Kier alpha value is -3.49. The van der Waals surface area contributed by atoms with E-state index in [0.717, 1.165) is 32.2 Å². The third-order valence-corrected chi connectivity index (χ3v) is 8.13. The van der Waals surface area contributed by atoms with Gasteiger partial charge in [0.2, 0.25) is 5.91 Å². The number of hydroxylamine groups is 1. The van der Waals surface area contributed by atoms with Crippen LogP contribution in [-0.2, 0) is 19.2 Å². The number of carbonyl (C=O) groups is 3. The van der Waals surface area contributed by atoms with Crippen LogP contribution in [0, 0.1) is 33.6 Å². The van der Waals surface area contributed by atoms with Gasteiger partial charge in [0.1, 0.15) is 10.9 Å². The average Bonchev–Trinajstić information content (AvgIpc) is 3.45. The van der Waals surface area contributed by atoms with Gasteiger partial charge in [-0.3, -0.25) is 14.4 Å². The first kappa shape index (κ1) is 24.2. The monoisotopic (exact) mass is 504 g/mol. The van der Waals surface area contributed by atoms with E-state index in [0.29, 0.717) is 10.6 Å². The number of carbonyl (C=O) groups excluding carboxylic acids is 3. The van der Waals surface area contributed by atoms with E-state index >= 15 is 0 Å². The van der Waals surface area contributed by atoms with Crippen molar-refractivity contribution in [1.82, 2.24) is 0 Å². The molecule has 0 N–H and O–H groups in total. The number of amides is 2. The number of aryl methyl sites for hydroxylation is 3. The fourth-order valence-corrected chi connectivity index (χ4v) is 6.10. The molecule has 2 aliphatic heterocycles. The summed E-state index contributed by atoms with van der Waals surface area (Å²) in [5, 5.41) is 2.01. The summed E-state index contributed by atoms with van der Waals surface area (Å²) in [6.07, 6.45) is -0.999. The Balaban J connectivity index is 1.61. The fourth-order valence-electron chi connectivity index (χ4n) is 4.95. The smallest absolute Gasteiger partial charge is 0.341 e. The summed E-state index contributed by atoms with van der Waals surface area (Å²) in [6.45, 7) is 9.56. The van der Waals surface area contributed by atoms with Crippen molar-refractivity contribution in [2.24, 2.45) is 5.92 Å². The standard InChI is InChI=1S/C28H28N2O5S/c1-6-34-28(33)21-17(4)18(5)36-27(21)29-25(31)22-23(19-13-11-15(2)12-14-19)30(35-24(22)26(29)32)20-10-8-7-9-16(20)3/h7-14,22-24H,6H2,1-5H3/t22-,23+,24+/m1/s1. The molecule has 2 aliphatic rings. The maximum Gasteiger partial charge on any atom is 0.341 e. The van der Waals surface area contributed by atoms with Crippen molar-refractivity contribution in [3.63, 3.8) is 0 Å². The molecule has 0 saturated carbocycles. The zero-order valence-corrected chi connectivity index (χ0v) is 21.7. The predicted octanol–water partition coefficient (Wildman–Crippen LogP) is 5.21. The second-order valence-corrected chi connectivity index (χ2v) is 10.4. The minimum atomic E-state index is -0.999. The topological polar surface area (TPSA) is 76.2 Å². The minimum Gasteiger partial charge on any atom is -0.462 e. The van der Waals surface area contributed by atoms with Crippen LogP contribution in [-0.4, -0.2) is 30.5 Å². The van der Waals surface area contributed by atoms with E-state index in [9.17, 15) is 14.4 Å². The van der Waals surface area contributed by atoms with Crippen LogP contribution < -0.4 is 9.96 Å². The molecule has 2 fully saturated rings.